The Hall–Kier alpha value is -1.87. The van der Waals surface area contributed by atoms with E-state index in [4.69, 9.17) is 16.3 Å². The van der Waals surface area contributed by atoms with Crippen LogP contribution in [0.5, 0.6) is 5.75 Å². The van der Waals surface area contributed by atoms with Crippen molar-refractivity contribution in [3.05, 3.63) is 58.4 Å². The molecule has 98 valence electrons. The lowest BCUT2D eigenvalue weighted by atomic mass is 9.99. The number of ketones is 1. The number of hydrogen-bond acceptors (Lipinski definition) is 3. The molecule has 0 saturated heterocycles. The summed E-state index contributed by atoms with van der Waals surface area (Å²) in [6.45, 7) is 2.00. The first-order valence-electron chi connectivity index (χ1n) is 5.98. The molecule has 2 aromatic rings. The van der Waals surface area contributed by atoms with Crippen LogP contribution >= 0.6 is 11.6 Å². The van der Waals surface area contributed by atoms with E-state index in [2.05, 4.69) is 4.98 Å². The van der Waals surface area contributed by atoms with Crippen LogP contribution < -0.4 is 4.74 Å². The molecule has 2 rings (SSSR count). The van der Waals surface area contributed by atoms with E-state index in [1.807, 2.05) is 6.92 Å². The lowest BCUT2D eigenvalue weighted by molar-refractivity contribution is 0.103. The lowest BCUT2D eigenvalue weighted by Gasteiger charge is -2.08. The second kappa shape index (κ2) is 5.85. The van der Waals surface area contributed by atoms with Crippen LogP contribution in [0.2, 0.25) is 5.02 Å². The topological polar surface area (TPSA) is 39.2 Å². The number of methoxy groups -OCH3 is 1. The van der Waals surface area contributed by atoms with E-state index in [1.165, 1.54) is 7.11 Å². The molecule has 0 aliphatic rings. The molecule has 4 heteroatoms. The second-order valence-corrected chi connectivity index (χ2v) is 4.47. The molecule has 0 unspecified atom stereocenters. The number of halogens is 1. The Morgan fingerprint density at radius 3 is 2.84 bits per heavy atom. The van der Waals surface area contributed by atoms with Crippen molar-refractivity contribution in [1.82, 2.24) is 4.98 Å². The van der Waals surface area contributed by atoms with Crippen molar-refractivity contribution in [3.8, 4) is 5.75 Å². The molecule has 0 bridgehead atoms. The monoisotopic (exact) mass is 275 g/mol. The standard InChI is InChI=1S/C15H14ClNO2/c1-3-10-9-17-7-6-12(10)15(18)11-4-5-13(16)14(8-11)19-2/h4-9H,3H2,1-2H3. The van der Waals surface area contributed by atoms with E-state index in [-0.39, 0.29) is 5.78 Å². The summed E-state index contributed by atoms with van der Waals surface area (Å²) in [6.07, 6.45) is 4.11. The molecule has 1 heterocycles. The predicted molar refractivity (Wildman–Crippen MR) is 75.1 cm³/mol. The van der Waals surface area contributed by atoms with Gasteiger partial charge in [-0.3, -0.25) is 9.78 Å². The summed E-state index contributed by atoms with van der Waals surface area (Å²) in [6, 6.07) is 6.76. The molecule has 0 spiro atoms. The number of hydrogen-bond donors (Lipinski definition) is 0. The minimum absolute atomic E-state index is 0.0470. The summed E-state index contributed by atoms with van der Waals surface area (Å²) in [7, 11) is 1.53. The van der Waals surface area contributed by atoms with Crippen LogP contribution in [0.15, 0.2) is 36.7 Å². The summed E-state index contributed by atoms with van der Waals surface area (Å²) in [4.78, 5) is 16.5. The molecule has 3 nitrogen and oxygen atoms in total. The van der Waals surface area contributed by atoms with Gasteiger partial charge < -0.3 is 4.74 Å². The zero-order valence-electron chi connectivity index (χ0n) is 10.8. The molecule has 0 aliphatic carbocycles. The third-order valence-electron chi connectivity index (χ3n) is 2.94. The Bertz CT molecular complexity index is 611. The molecule has 0 aliphatic heterocycles. The lowest BCUT2D eigenvalue weighted by Crippen LogP contribution is -2.06. The maximum atomic E-state index is 12.5. The molecular formula is C15H14ClNO2. The summed E-state index contributed by atoms with van der Waals surface area (Å²) < 4.78 is 5.13. The summed E-state index contributed by atoms with van der Waals surface area (Å²) in [5.74, 6) is 0.453. The Morgan fingerprint density at radius 1 is 1.37 bits per heavy atom. The van der Waals surface area contributed by atoms with Gasteiger partial charge in [0.1, 0.15) is 5.75 Å². The minimum atomic E-state index is -0.0470. The average molecular weight is 276 g/mol. The van der Waals surface area contributed by atoms with Gasteiger partial charge in [-0.05, 0) is 36.2 Å². The highest BCUT2D eigenvalue weighted by Gasteiger charge is 2.14. The summed E-state index contributed by atoms with van der Waals surface area (Å²) >= 11 is 5.96. The van der Waals surface area contributed by atoms with E-state index < -0.39 is 0 Å². The fourth-order valence-corrected chi connectivity index (χ4v) is 2.08. The normalized spacial score (nSPS) is 10.3. The number of carbonyl (C=O) groups excluding carboxylic acids is 1. The molecule has 0 radical (unpaired) electrons. The number of carbonyl (C=O) groups is 1. The maximum absolute atomic E-state index is 12.5. The smallest absolute Gasteiger partial charge is 0.193 e. The molecule has 0 atom stereocenters. The molecule has 0 amide bonds. The van der Waals surface area contributed by atoms with Gasteiger partial charge in [0.05, 0.1) is 12.1 Å². The predicted octanol–water partition coefficient (Wildman–Crippen LogP) is 3.54. The van der Waals surface area contributed by atoms with Crippen LogP contribution in [0.3, 0.4) is 0 Å². The molecule has 0 fully saturated rings. The average Bonchev–Trinajstić information content (AvgIpc) is 2.47. The van der Waals surface area contributed by atoms with E-state index in [0.717, 1.165) is 12.0 Å². The van der Waals surface area contributed by atoms with Crippen LogP contribution in [0.25, 0.3) is 0 Å². The number of pyridine rings is 1. The Labute approximate surface area is 117 Å². The molecular weight excluding hydrogens is 262 g/mol. The first-order chi connectivity index (χ1) is 9.17. The van der Waals surface area contributed by atoms with Crippen LogP contribution in [-0.4, -0.2) is 17.9 Å². The van der Waals surface area contributed by atoms with Crippen LogP contribution in [0, 0.1) is 0 Å². The van der Waals surface area contributed by atoms with Crippen molar-refractivity contribution >= 4 is 17.4 Å². The number of aryl methyl sites for hydroxylation is 1. The molecule has 1 aromatic heterocycles. The molecule has 0 N–H and O–H groups in total. The number of benzene rings is 1. The van der Waals surface area contributed by atoms with Crippen molar-refractivity contribution in [1.29, 1.82) is 0 Å². The fraction of sp³-hybridized carbons (Fsp3) is 0.200. The zero-order valence-corrected chi connectivity index (χ0v) is 11.6. The first kappa shape index (κ1) is 13.6. The molecule has 19 heavy (non-hydrogen) atoms. The number of nitrogens with zero attached hydrogens (tertiary/aromatic N) is 1. The van der Waals surface area contributed by atoms with Gasteiger partial charge in [0, 0.05) is 23.5 Å². The largest absolute Gasteiger partial charge is 0.495 e. The highest BCUT2D eigenvalue weighted by atomic mass is 35.5. The Morgan fingerprint density at radius 2 is 2.16 bits per heavy atom. The van der Waals surface area contributed by atoms with E-state index in [1.54, 1.807) is 36.7 Å². The summed E-state index contributed by atoms with van der Waals surface area (Å²) in [5.41, 5.74) is 2.16. The van der Waals surface area contributed by atoms with Crippen LogP contribution in [0.1, 0.15) is 28.4 Å². The number of ether oxygens (including phenoxy) is 1. The molecule has 1 aromatic carbocycles. The van der Waals surface area contributed by atoms with E-state index in [0.29, 0.717) is 21.9 Å². The van der Waals surface area contributed by atoms with Crippen molar-refractivity contribution in [2.75, 3.05) is 7.11 Å². The highest BCUT2D eigenvalue weighted by molar-refractivity contribution is 6.32. The second-order valence-electron chi connectivity index (χ2n) is 4.06. The van der Waals surface area contributed by atoms with Crippen LogP contribution in [0.4, 0.5) is 0 Å². The number of rotatable bonds is 4. The fourth-order valence-electron chi connectivity index (χ4n) is 1.89. The third-order valence-corrected chi connectivity index (χ3v) is 3.25. The van der Waals surface area contributed by atoms with Crippen molar-refractivity contribution in [2.24, 2.45) is 0 Å². The van der Waals surface area contributed by atoms with Gasteiger partial charge >= 0.3 is 0 Å². The van der Waals surface area contributed by atoms with Gasteiger partial charge in [-0.2, -0.15) is 0 Å². The van der Waals surface area contributed by atoms with Gasteiger partial charge in [0.15, 0.2) is 5.78 Å². The van der Waals surface area contributed by atoms with Gasteiger partial charge in [0.2, 0.25) is 0 Å². The van der Waals surface area contributed by atoms with Crippen LogP contribution in [-0.2, 0) is 6.42 Å². The van der Waals surface area contributed by atoms with Gasteiger partial charge in [-0.15, -0.1) is 0 Å². The van der Waals surface area contributed by atoms with Gasteiger partial charge in [-0.25, -0.2) is 0 Å². The highest BCUT2D eigenvalue weighted by Crippen LogP contribution is 2.26. The molecule has 0 saturated carbocycles. The quantitative estimate of drug-likeness (QED) is 0.801. The Balaban J connectivity index is 2.44. The zero-order chi connectivity index (χ0) is 13.8. The third kappa shape index (κ3) is 2.76. The Kier molecular flexibility index (Phi) is 4.17. The van der Waals surface area contributed by atoms with Gasteiger partial charge in [-0.1, -0.05) is 18.5 Å². The summed E-state index contributed by atoms with van der Waals surface area (Å²) in [5, 5.41) is 0.490. The maximum Gasteiger partial charge on any atom is 0.193 e. The van der Waals surface area contributed by atoms with Crippen molar-refractivity contribution in [2.45, 2.75) is 13.3 Å². The van der Waals surface area contributed by atoms with Crippen molar-refractivity contribution in [3.63, 3.8) is 0 Å². The van der Waals surface area contributed by atoms with Crippen molar-refractivity contribution < 1.29 is 9.53 Å². The minimum Gasteiger partial charge on any atom is -0.495 e. The SMILES string of the molecule is CCc1cnccc1C(=O)c1ccc(Cl)c(OC)c1. The van der Waals surface area contributed by atoms with E-state index >= 15 is 0 Å². The first-order valence-corrected chi connectivity index (χ1v) is 6.36. The number of aromatic nitrogens is 1. The van der Waals surface area contributed by atoms with E-state index in [9.17, 15) is 4.79 Å². The van der Waals surface area contributed by atoms with Gasteiger partial charge in [0.25, 0.3) is 0 Å².